The maximum absolute atomic E-state index is 11.3. The minimum atomic E-state index is -0.525. The van der Waals surface area contributed by atoms with E-state index in [0.29, 0.717) is 5.16 Å². The van der Waals surface area contributed by atoms with Gasteiger partial charge in [-0.2, -0.15) is 4.68 Å². The molecule has 1 heterocycles. The second-order valence-electron chi connectivity index (χ2n) is 4.30. The first-order chi connectivity index (χ1) is 6.81. The van der Waals surface area contributed by atoms with Crippen LogP contribution in [0.25, 0.3) is 0 Å². The topological polar surface area (TPSA) is 73.8 Å². The SMILES string of the molecule is CC(C)(C)CSc1nnc(Cl)c(=O)n1N. The lowest BCUT2D eigenvalue weighted by atomic mass is 10.0. The molecule has 0 spiro atoms. The molecule has 1 aromatic rings. The summed E-state index contributed by atoms with van der Waals surface area (Å²) in [7, 11) is 0. The number of rotatable bonds is 2. The van der Waals surface area contributed by atoms with Crippen molar-refractivity contribution in [1.29, 1.82) is 0 Å². The summed E-state index contributed by atoms with van der Waals surface area (Å²) >= 11 is 6.86. The molecule has 0 radical (unpaired) electrons. The van der Waals surface area contributed by atoms with Crippen LogP contribution in [0.15, 0.2) is 9.95 Å². The monoisotopic (exact) mass is 248 g/mol. The first-order valence-corrected chi connectivity index (χ1v) is 5.71. The third kappa shape index (κ3) is 3.39. The molecule has 15 heavy (non-hydrogen) atoms. The van der Waals surface area contributed by atoms with Crippen LogP contribution in [0.3, 0.4) is 0 Å². The molecule has 0 aliphatic rings. The van der Waals surface area contributed by atoms with Gasteiger partial charge in [0.25, 0.3) is 0 Å². The first kappa shape index (κ1) is 12.3. The Balaban J connectivity index is 2.89. The molecule has 5 nitrogen and oxygen atoms in total. The van der Waals surface area contributed by atoms with Crippen LogP contribution in [-0.2, 0) is 0 Å². The second-order valence-corrected chi connectivity index (χ2v) is 5.60. The van der Waals surface area contributed by atoms with E-state index in [4.69, 9.17) is 17.4 Å². The summed E-state index contributed by atoms with van der Waals surface area (Å²) in [5, 5.41) is 7.45. The van der Waals surface area contributed by atoms with Gasteiger partial charge >= 0.3 is 5.56 Å². The van der Waals surface area contributed by atoms with Gasteiger partial charge in [0.1, 0.15) is 0 Å². The Hall–Kier alpha value is -0.750. The van der Waals surface area contributed by atoms with E-state index in [2.05, 4.69) is 31.0 Å². The van der Waals surface area contributed by atoms with Gasteiger partial charge in [-0.05, 0) is 5.41 Å². The predicted octanol–water partition coefficient (Wildman–Crippen LogP) is 1.14. The van der Waals surface area contributed by atoms with Gasteiger partial charge in [0.2, 0.25) is 10.3 Å². The summed E-state index contributed by atoms with van der Waals surface area (Å²) in [5.41, 5.74) is -0.398. The van der Waals surface area contributed by atoms with E-state index in [1.165, 1.54) is 11.8 Å². The summed E-state index contributed by atoms with van der Waals surface area (Å²) in [5.74, 6) is 6.30. The van der Waals surface area contributed by atoms with Crippen molar-refractivity contribution in [2.24, 2.45) is 5.41 Å². The van der Waals surface area contributed by atoms with Crippen LogP contribution in [0, 0.1) is 5.41 Å². The van der Waals surface area contributed by atoms with Gasteiger partial charge in [0.05, 0.1) is 0 Å². The molecule has 0 bridgehead atoms. The number of hydrogen-bond acceptors (Lipinski definition) is 5. The van der Waals surface area contributed by atoms with Gasteiger partial charge in [-0.25, -0.2) is 0 Å². The number of halogens is 1. The highest BCUT2D eigenvalue weighted by Gasteiger charge is 2.14. The van der Waals surface area contributed by atoms with Crippen LogP contribution >= 0.6 is 23.4 Å². The Bertz CT molecular complexity index is 412. The van der Waals surface area contributed by atoms with E-state index >= 15 is 0 Å². The average molecular weight is 249 g/mol. The Morgan fingerprint density at radius 2 is 2.07 bits per heavy atom. The van der Waals surface area contributed by atoms with Crippen LogP contribution in [0.2, 0.25) is 5.15 Å². The van der Waals surface area contributed by atoms with Crippen LogP contribution in [0.5, 0.6) is 0 Å². The normalized spacial score (nSPS) is 11.7. The van der Waals surface area contributed by atoms with E-state index < -0.39 is 5.56 Å². The van der Waals surface area contributed by atoms with Crippen molar-refractivity contribution in [3.8, 4) is 0 Å². The molecular weight excluding hydrogens is 236 g/mol. The van der Waals surface area contributed by atoms with Crippen molar-refractivity contribution >= 4 is 23.4 Å². The maximum Gasteiger partial charge on any atom is 0.310 e. The molecule has 0 fully saturated rings. The molecule has 0 saturated carbocycles. The Morgan fingerprint density at radius 3 is 2.60 bits per heavy atom. The third-order valence-electron chi connectivity index (χ3n) is 1.46. The highest BCUT2D eigenvalue weighted by atomic mass is 35.5. The smallest absolute Gasteiger partial charge is 0.310 e. The molecule has 7 heteroatoms. The van der Waals surface area contributed by atoms with Gasteiger partial charge in [0.15, 0.2) is 0 Å². The standard InChI is InChI=1S/C8H13ClN4OS/c1-8(2,3)4-15-7-12-11-5(9)6(14)13(7)10/h4,10H2,1-3H3. The fraction of sp³-hybridized carbons (Fsp3) is 0.625. The fourth-order valence-electron chi connectivity index (χ4n) is 0.743. The van der Waals surface area contributed by atoms with E-state index in [-0.39, 0.29) is 10.6 Å². The highest BCUT2D eigenvalue weighted by molar-refractivity contribution is 7.99. The predicted molar refractivity (Wildman–Crippen MR) is 61.6 cm³/mol. The summed E-state index contributed by atoms with van der Waals surface area (Å²) in [6, 6.07) is 0. The fourth-order valence-corrected chi connectivity index (χ4v) is 1.75. The summed E-state index contributed by atoms with van der Waals surface area (Å²) in [4.78, 5) is 11.3. The van der Waals surface area contributed by atoms with E-state index in [1.807, 2.05) is 0 Å². The molecule has 2 N–H and O–H groups in total. The third-order valence-corrected chi connectivity index (χ3v) is 3.24. The maximum atomic E-state index is 11.3. The molecule has 1 rings (SSSR count). The van der Waals surface area contributed by atoms with Crippen molar-refractivity contribution in [2.75, 3.05) is 11.6 Å². The zero-order valence-corrected chi connectivity index (χ0v) is 10.4. The Kier molecular flexibility index (Phi) is 3.62. The molecule has 1 aromatic heterocycles. The average Bonchev–Trinajstić information content (AvgIpc) is 2.12. The molecule has 0 atom stereocenters. The number of nitrogens with two attached hydrogens (primary N) is 1. The number of aromatic nitrogens is 3. The molecule has 0 aliphatic carbocycles. The van der Waals surface area contributed by atoms with Crippen LogP contribution in [0.4, 0.5) is 0 Å². The molecule has 0 amide bonds. The Morgan fingerprint density at radius 1 is 1.47 bits per heavy atom. The van der Waals surface area contributed by atoms with Gasteiger partial charge in [0, 0.05) is 5.75 Å². The van der Waals surface area contributed by atoms with Crippen LogP contribution < -0.4 is 11.4 Å². The largest absolute Gasteiger partial charge is 0.334 e. The Labute approximate surface area is 97.0 Å². The highest BCUT2D eigenvalue weighted by Crippen LogP contribution is 2.24. The van der Waals surface area contributed by atoms with E-state index in [9.17, 15) is 4.79 Å². The zero-order chi connectivity index (χ0) is 11.6. The van der Waals surface area contributed by atoms with Crippen molar-refractivity contribution < 1.29 is 0 Å². The van der Waals surface area contributed by atoms with Crippen molar-refractivity contribution in [1.82, 2.24) is 14.9 Å². The molecule has 0 unspecified atom stereocenters. The summed E-state index contributed by atoms with van der Waals surface area (Å²) in [6.07, 6.45) is 0. The molecule has 0 aromatic carbocycles. The number of thioether (sulfide) groups is 1. The molecule has 0 aliphatic heterocycles. The molecule has 0 saturated heterocycles. The quantitative estimate of drug-likeness (QED) is 0.628. The lowest BCUT2D eigenvalue weighted by molar-refractivity contribution is 0.479. The second kappa shape index (κ2) is 4.40. The van der Waals surface area contributed by atoms with Crippen molar-refractivity contribution in [3.63, 3.8) is 0 Å². The van der Waals surface area contributed by atoms with Gasteiger partial charge in [-0.1, -0.05) is 44.1 Å². The van der Waals surface area contributed by atoms with Gasteiger partial charge in [-0.3, -0.25) is 4.79 Å². The first-order valence-electron chi connectivity index (χ1n) is 4.34. The number of nitrogens with zero attached hydrogens (tertiary/aromatic N) is 3. The number of nitrogen functional groups attached to an aromatic ring is 1. The zero-order valence-electron chi connectivity index (χ0n) is 8.82. The van der Waals surface area contributed by atoms with Gasteiger partial charge in [-0.15, -0.1) is 10.2 Å². The number of hydrogen-bond donors (Lipinski definition) is 1. The van der Waals surface area contributed by atoms with Crippen molar-refractivity contribution in [2.45, 2.75) is 25.9 Å². The summed E-state index contributed by atoms with van der Waals surface area (Å²) < 4.78 is 0.922. The molecule has 84 valence electrons. The minimum Gasteiger partial charge on any atom is -0.334 e. The lowest BCUT2D eigenvalue weighted by Gasteiger charge is -2.16. The van der Waals surface area contributed by atoms with Crippen molar-refractivity contribution in [3.05, 3.63) is 15.5 Å². The molecular formula is C8H13ClN4OS. The summed E-state index contributed by atoms with van der Waals surface area (Å²) in [6.45, 7) is 6.26. The van der Waals surface area contributed by atoms with Crippen LogP contribution in [-0.4, -0.2) is 20.6 Å². The minimum absolute atomic E-state index is 0.127. The lowest BCUT2D eigenvalue weighted by Crippen LogP contribution is -2.31. The van der Waals surface area contributed by atoms with E-state index in [0.717, 1.165) is 10.4 Å². The van der Waals surface area contributed by atoms with Gasteiger partial charge < -0.3 is 5.84 Å². The van der Waals surface area contributed by atoms with E-state index in [1.54, 1.807) is 0 Å². The van der Waals surface area contributed by atoms with Crippen LogP contribution in [0.1, 0.15) is 20.8 Å².